The smallest absolute Gasteiger partial charge is 0.270 e. The average molecular weight is 424 g/mol. The number of hydrogen-bond donors (Lipinski definition) is 1. The number of hydrogen-bond acceptors (Lipinski definition) is 5. The Morgan fingerprint density at radius 1 is 1.14 bits per heavy atom. The number of nitrogens with zero attached hydrogens (tertiary/aromatic N) is 2. The Kier molecular flexibility index (Phi) is 6.58. The molecule has 3 rings (SSSR count). The van der Waals surface area contributed by atoms with Crippen LogP contribution >= 0.6 is 0 Å². The molecule has 0 unspecified atom stereocenters. The van der Waals surface area contributed by atoms with Crippen LogP contribution in [0.15, 0.2) is 23.1 Å². The molecule has 0 radical (unpaired) electrons. The van der Waals surface area contributed by atoms with Gasteiger partial charge in [-0.15, -0.1) is 0 Å². The third-order valence-electron chi connectivity index (χ3n) is 6.19. The predicted octanol–water partition coefficient (Wildman–Crippen LogP) is 3.00. The number of nitrogens with one attached hydrogen (secondary N) is 1. The molecule has 0 aromatic heterocycles. The van der Waals surface area contributed by atoms with Gasteiger partial charge in [-0.1, -0.05) is 13.0 Å². The van der Waals surface area contributed by atoms with Crippen LogP contribution in [-0.4, -0.2) is 42.7 Å². The molecule has 1 amide bonds. The molecule has 2 fully saturated rings. The highest BCUT2D eigenvalue weighted by Crippen LogP contribution is 2.29. The van der Waals surface area contributed by atoms with Gasteiger partial charge < -0.3 is 5.32 Å². The maximum Gasteiger partial charge on any atom is 0.270 e. The third-order valence-corrected chi connectivity index (χ3v) is 8.23. The zero-order chi connectivity index (χ0) is 21.2. The Balaban J connectivity index is 1.62. The van der Waals surface area contributed by atoms with Gasteiger partial charge in [0.1, 0.15) is 0 Å². The quantitative estimate of drug-likeness (QED) is 0.578. The Bertz CT molecular complexity index is 870. The lowest BCUT2D eigenvalue weighted by Gasteiger charge is -2.33. The number of non-ortho nitro benzene ring substituents is 1. The number of piperidine rings is 1. The van der Waals surface area contributed by atoms with Gasteiger partial charge in [0.2, 0.25) is 15.9 Å². The van der Waals surface area contributed by atoms with Gasteiger partial charge in [0.25, 0.3) is 5.69 Å². The van der Waals surface area contributed by atoms with E-state index in [1.165, 1.54) is 16.4 Å². The summed E-state index contributed by atoms with van der Waals surface area (Å²) in [6.45, 7) is 4.34. The number of nitro benzene ring substituents is 1. The van der Waals surface area contributed by atoms with Crippen LogP contribution in [0.4, 0.5) is 5.69 Å². The fraction of sp³-hybridized carbons (Fsp3) is 0.650. The zero-order valence-corrected chi connectivity index (χ0v) is 17.8. The maximum absolute atomic E-state index is 13.0. The number of nitro groups is 1. The van der Waals surface area contributed by atoms with Crippen molar-refractivity contribution in [2.75, 3.05) is 13.1 Å². The first-order valence-corrected chi connectivity index (χ1v) is 11.7. The van der Waals surface area contributed by atoms with Gasteiger partial charge in [-0.25, -0.2) is 8.42 Å². The summed E-state index contributed by atoms with van der Waals surface area (Å²) in [5.41, 5.74) is 0.229. The molecule has 1 aromatic rings. The first kappa shape index (κ1) is 21.7. The summed E-state index contributed by atoms with van der Waals surface area (Å²) >= 11 is 0. The third kappa shape index (κ3) is 4.95. The second-order valence-electron chi connectivity index (χ2n) is 8.35. The topological polar surface area (TPSA) is 110 Å². The molecule has 1 aliphatic carbocycles. The van der Waals surface area contributed by atoms with E-state index in [1.807, 2.05) is 0 Å². The molecule has 1 heterocycles. The molecule has 1 N–H and O–H groups in total. The molecule has 1 saturated heterocycles. The molecule has 1 aliphatic heterocycles. The first-order valence-electron chi connectivity index (χ1n) is 10.2. The SMILES string of the molecule is Cc1ccc([N+](=O)[O-])cc1S(=O)(=O)N1CCC(C(=O)NC2CCC(C)CC2)CC1. The highest BCUT2D eigenvalue weighted by Gasteiger charge is 2.34. The van der Waals surface area contributed by atoms with Crippen LogP contribution in [-0.2, 0) is 14.8 Å². The lowest BCUT2D eigenvalue weighted by molar-refractivity contribution is -0.385. The zero-order valence-electron chi connectivity index (χ0n) is 17.0. The summed E-state index contributed by atoms with van der Waals surface area (Å²) in [4.78, 5) is 23.0. The summed E-state index contributed by atoms with van der Waals surface area (Å²) in [5.74, 6) is 0.550. The molecular weight excluding hydrogens is 394 g/mol. The number of amides is 1. The van der Waals surface area contributed by atoms with Crippen LogP contribution < -0.4 is 5.32 Å². The highest BCUT2D eigenvalue weighted by atomic mass is 32.2. The Morgan fingerprint density at radius 2 is 1.76 bits per heavy atom. The molecule has 9 heteroatoms. The van der Waals surface area contributed by atoms with Crippen molar-refractivity contribution in [3.63, 3.8) is 0 Å². The normalized spacial score (nSPS) is 24.2. The van der Waals surface area contributed by atoms with E-state index in [0.29, 0.717) is 24.3 Å². The summed E-state index contributed by atoms with van der Waals surface area (Å²) in [6, 6.07) is 4.11. The second kappa shape index (κ2) is 8.79. The minimum absolute atomic E-state index is 0.0214. The van der Waals surface area contributed by atoms with E-state index in [4.69, 9.17) is 0 Å². The minimum Gasteiger partial charge on any atom is -0.353 e. The molecular formula is C20H29N3O5S. The van der Waals surface area contributed by atoms with Crippen LogP contribution in [0.25, 0.3) is 0 Å². The molecule has 2 aliphatic rings. The number of sulfonamides is 1. The Morgan fingerprint density at radius 3 is 2.34 bits per heavy atom. The van der Waals surface area contributed by atoms with Crippen LogP contribution in [0.2, 0.25) is 0 Å². The van der Waals surface area contributed by atoms with Crippen molar-refractivity contribution < 1.29 is 18.1 Å². The van der Waals surface area contributed by atoms with Crippen molar-refractivity contribution in [2.24, 2.45) is 11.8 Å². The van der Waals surface area contributed by atoms with Gasteiger partial charge in [-0.05, 0) is 56.9 Å². The summed E-state index contributed by atoms with van der Waals surface area (Å²) in [6.07, 6.45) is 5.19. The van der Waals surface area contributed by atoms with E-state index < -0.39 is 14.9 Å². The first-order chi connectivity index (χ1) is 13.7. The minimum atomic E-state index is -3.83. The van der Waals surface area contributed by atoms with Gasteiger partial charge in [0.15, 0.2) is 0 Å². The molecule has 8 nitrogen and oxygen atoms in total. The summed E-state index contributed by atoms with van der Waals surface area (Å²) in [5, 5.41) is 14.2. The lowest BCUT2D eigenvalue weighted by atomic mass is 9.87. The van der Waals surface area contributed by atoms with Crippen molar-refractivity contribution in [2.45, 2.75) is 63.3 Å². The standard InChI is InChI=1S/C20H29N3O5S/c1-14-3-6-17(7-4-14)21-20(24)16-9-11-22(12-10-16)29(27,28)19-13-18(23(25)26)8-5-15(19)2/h5,8,13-14,16-17H,3-4,6-7,9-12H2,1-2H3,(H,21,24). The Hall–Kier alpha value is -2.00. The predicted molar refractivity (Wildman–Crippen MR) is 109 cm³/mol. The average Bonchev–Trinajstić information content (AvgIpc) is 2.69. The van der Waals surface area contributed by atoms with Crippen LogP contribution in [0.5, 0.6) is 0 Å². The van der Waals surface area contributed by atoms with Gasteiger partial charge in [-0.3, -0.25) is 14.9 Å². The molecule has 1 aromatic carbocycles. The summed E-state index contributed by atoms with van der Waals surface area (Å²) < 4.78 is 27.4. The molecule has 29 heavy (non-hydrogen) atoms. The largest absolute Gasteiger partial charge is 0.353 e. The van der Waals surface area contributed by atoms with Crippen LogP contribution in [0.1, 0.15) is 51.0 Å². The molecule has 0 atom stereocenters. The Labute approximate surface area is 171 Å². The molecule has 160 valence electrons. The van der Waals surface area contributed by atoms with E-state index in [-0.39, 0.29) is 41.5 Å². The van der Waals surface area contributed by atoms with Crippen molar-refractivity contribution in [3.8, 4) is 0 Å². The molecule has 0 bridgehead atoms. The van der Waals surface area contributed by atoms with Crippen LogP contribution in [0, 0.1) is 28.9 Å². The number of carbonyl (C=O) groups is 1. The number of benzene rings is 1. The van der Waals surface area contributed by atoms with E-state index in [0.717, 1.165) is 31.7 Å². The molecule has 1 saturated carbocycles. The highest BCUT2D eigenvalue weighted by molar-refractivity contribution is 7.89. The van der Waals surface area contributed by atoms with Gasteiger partial charge in [-0.2, -0.15) is 4.31 Å². The van der Waals surface area contributed by atoms with Gasteiger partial charge in [0.05, 0.1) is 9.82 Å². The lowest BCUT2D eigenvalue weighted by Crippen LogP contribution is -2.46. The maximum atomic E-state index is 13.0. The van der Waals surface area contributed by atoms with Crippen molar-refractivity contribution in [1.29, 1.82) is 0 Å². The van der Waals surface area contributed by atoms with Crippen LogP contribution in [0.3, 0.4) is 0 Å². The van der Waals surface area contributed by atoms with E-state index in [9.17, 15) is 23.3 Å². The fourth-order valence-electron chi connectivity index (χ4n) is 4.20. The van der Waals surface area contributed by atoms with Crippen molar-refractivity contribution in [1.82, 2.24) is 9.62 Å². The second-order valence-corrected chi connectivity index (χ2v) is 10.3. The number of rotatable bonds is 5. The monoisotopic (exact) mass is 423 g/mol. The van der Waals surface area contributed by atoms with Crippen molar-refractivity contribution >= 4 is 21.6 Å². The van der Waals surface area contributed by atoms with Gasteiger partial charge in [0, 0.05) is 37.2 Å². The van der Waals surface area contributed by atoms with E-state index in [2.05, 4.69) is 12.2 Å². The number of aryl methyl sites for hydroxylation is 1. The number of carbonyl (C=O) groups excluding carboxylic acids is 1. The van der Waals surface area contributed by atoms with Crippen molar-refractivity contribution in [3.05, 3.63) is 33.9 Å². The summed E-state index contributed by atoms with van der Waals surface area (Å²) in [7, 11) is -3.83. The fourth-order valence-corrected chi connectivity index (χ4v) is 5.92. The van der Waals surface area contributed by atoms with Gasteiger partial charge >= 0.3 is 0 Å². The van der Waals surface area contributed by atoms with E-state index >= 15 is 0 Å². The molecule has 0 spiro atoms. The van der Waals surface area contributed by atoms with E-state index in [1.54, 1.807) is 6.92 Å².